The third-order valence-corrected chi connectivity index (χ3v) is 5.23. The zero-order valence-corrected chi connectivity index (χ0v) is 12.1. The van der Waals surface area contributed by atoms with Gasteiger partial charge in [0.25, 0.3) is 0 Å². The van der Waals surface area contributed by atoms with Gasteiger partial charge in [-0.2, -0.15) is 5.26 Å². The molecule has 0 aromatic heterocycles. The predicted molar refractivity (Wildman–Crippen MR) is 72.0 cm³/mol. The molecule has 0 radical (unpaired) electrons. The van der Waals surface area contributed by atoms with Crippen LogP contribution in [0.4, 0.5) is 0 Å². The lowest BCUT2D eigenvalue weighted by Crippen LogP contribution is -2.50. The Morgan fingerprint density at radius 3 is 2.28 bits per heavy atom. The van der Waals surface area contributed by atoms with Crippen LogP contribution >= 0.6 is 0 Å². The maximum atomic E-state index is 11.4. The zero-order valence-electron chi connectivity index (χ0n) is 11.3. The summed E-state index contributed by atoms with van der Waals surface area (Å²) >= 11 is 0. The van der Waals surface area contributed by atoms with E-state index in [0.717, 1.165) is 32.6 Å². The Hall–Kier alpha value is -0.640. The maximum Gasteiger partial charge on any atom is 0.151 e. The van der Waals surface area contributed by atoms with Gasteiger partial charge in [-0.25, -0.2) is 8.42 Å². The van der Waals surface area contributed by atoms with Crippen molar-refractivity contribution in [3.8, 4) is 6.07 Å². The van der Waals surface area contributed by atoms with E-state index in [0.29, 0.717) is 6.54 Å². The van der Waals surface area contributed by atoms with Crippen LogP contribution in [0.1, 0.15) is 20.3 Å². The third kappa shape index (κ3) is 4.56. The molecule has 0 saturated carbocycles. The topological polar surface area (TPSA) is 64.4 Å². The van der Waals surface area contributed by atoms with Crippen LogP contribution in [0, 0.1) is 11.3 Å². The average Bonchev–Trinajstić information content (AvgIpc) is 2.39. The van der Waals surface area contributed by atoms with Gasteiger partial charge in [0.2, 0.25) is 0 Å². The number of sulfone groups is 1. The summed E-state index contributed by atoms with van der Waals surface area (Å²) in [5.41, 5.74) is 0. The minimum absolute atomic E-state index is 0.00604. The molecule has 5 nitrogen and oxygen atoms in total. The van der Waals surface area contributed by atoms with E-state index in [-0.39, 0.29) is 17.5 Å². The van der Waals surface area contributed by atoms with E-state index in [1.165, 1.54) is 0 Å². The smallest absolute Gasteiger partial charge is 0.151 e. The summed E-state index contributed by atoms with van der Waals surface area (Å²) in [6, 6.07) is 2.32. The maximum absolute atomic E-state index is 11.4. The van der Waals surface area contributed by atoms with E-state index in [2.05, 4.69) is 15.9 Å². The molecule has 1 heterocycles. The fourth-order valence-electron chi connectivity index (χ4n) is 2.14. The van der Waals surface area contributed by atoms with Crippen LogP contribution in [-0.4, -0.2) is 68.5 Å². The number of hydrogen-bond donors (Lipinski definition) is 0. The largest absolute Gasteiger partial charge is 0.300 e. The van der Waals surface area contributed by atoms with Crippen molar-refractivity contribution in [2.24, 2.45) is 0 Å². The molecule has 1 saturated heterocycles. The Kier molecular flexibility index (Phi) is 6.06. The van der Waals surface area contributed by atoms with Gasteiger partial charge in [-0.05, 0) is 6.42 Å². The van der Waals surface area contributed by atoms with Gasteiger partial charge in [-0.3, -0.25) is 9.80 Å². The number of nitrogens with zero attached hydrogens (tertiary/aromatic N) is 3. The van der Waals surface area contributed by atoms with Crippen molar-refractivity contribution in [1.29, 1.82) is 5.26 Å². The number of piperazine rings is 1. The number of hydrogen-bond acceptors (Lipinski definition) is 5. The third-order valence-electron chi connectivity index (χ3n) is 3.54. The van der Waals surface area contributed by atoms with E-state index in [4.69, 9.17) is 5.26 Å². The fourth-order valence-corrected chi connectivity index (χ4v) is 2.97. The molecular weight excluding hydrogens is 250 g/mol. The van der Waals surface area contributed by atoms with Gasteiger partial charge in [0.05, 0.1) is 17.9 Å². The van der Waals surface area contributed by atoms with Crippen molar-refractivity contribution in [2.45, 2.75) is 26.3 Å². The van der Waals surface area contributed by atoms with Crippen LogP contribution in [0.15, 0.2) is 0 Å². The van der Waals surface area contributed by atoms with Gasteiger partial charge >= 0.3 is 0 Å². The summed E-state index contributed by atoms with van der Waals surface area (Å²) < 4.78 is 22.9. The molecule has 1 aliphatic rings. The molecule has 0 spiro atoms. The van der Waals surface area contributed by atoms with Crippen molar-refractivity contribution < 1.29 is 8.42 Å². The summed E-state index contributed by atoms with van der Waals surface area (Å²) in [6.07, 6.45) is 0.848. The minimum Gasteiger partial charge on any atom is -0.300 e. The van der Waals surface area contributed by atoms with Gasteiger partial charge < -0.3 is 0 Å². The molecule has 0 N–H and O–H groups in total. The summed E-state index contributed by atoms with van der Waals surface area (Å²) in [5, 5.41) is 9.00. The first-order valence-corrected chi connectivity index (χ1v) is 8.41. The monoisotopic (exact) mass is 273 g/mol. The summed E-state index contributed by atoms with van der Waals surface area (Å²) in [5.74, 6) is 0.470. The van der Waals surface area contributed by atoms with Crippen LogP contribution in [-0.2, 0) is 9.84 Å². The molecule has 0 bridgehead atoms. The van der Waals surface area contributed by atoms with Gasteiger partial charge in [-0.15, -0.1) is 0 Å². The second-order valence-electron chi connectivity index (χ2n) is 4.67. The first-order valence-electron chi connectivity index (χ1n) is 6.58. The Bertz CT molecular complexity index is 381. The molecule has 0 aliphatic carbocycles. The molecule has 6 heteroatoms. The molecule has 0 aromatic rings. The van der Waals surface area contributed by atoms with Gasteiger partial charge in [-0.1, -0.05) is 13.8 Å². The van der Waals surface area contributed by atoms with Gasteiger partial charge in [0.1, 0.15) is 0 Å². The number of nitriles is 1. The highest BCUT2D eigenvalue weighted by atomic mass is 32.2. The molecule has 1 aliphatic heterocycles. The van der Waals surface area contributed by atoms with Crippen LogP contribution < -0.4 is 0 Å². The second kappa shape index (κ2) is 7.07. The van der Waals surface area contributed by atoms with Crippen molar-refractivity contribution >= 4 is 9.84 Å². The normalized spacial score (nSPS) is 20.5. The quantitative estimate of drug-likeness (QED) is 0.698. The van der Waals surface area contributed by atoms with Crippen LogP contribution in [0.3, 0.4) is 0 Å². The molecule has 18 heavy (non-hydrogen) atoms. The zero-order chi connectivity index (χ0) is 13.6. The molecule has 1 unspecified atom stereocenters. The lowest BCUT2D eigenvalue weighted by atomic mass is 10.2. The van der Waals surface area contributed by atoms with Crippen LogP contribution in [0.5, 0.6) is 0 Å². The van der Waals surface area contributed by atoms with Gasteiger partial charge in [0, 0.05) is 38.5 Å². The van der Waals surface area contributed by atoms with Crippen molar-refractivity contribution in [3.05, 3.63) is 0 Å². The molecule has 1 fully saturated rings. The highest BCUT2D eigenvalue weighted by Gasteiger charge is 2.23. The van der Waals surface area contributed by atoms with E-state index >= 15 is 0 Å². The first kappa shape index (κ1) is 15.4. The molecule has 104 valence electrons. The lowest BCUT2D eigenvalue weighted by molar-refractivity contribution is 0.117. The fraction of sp³-hybridized carbons (Fsp3) is 0.917. The van der Waals surface area contributed by atoms with Crippen LogP contribution in [0.25, 0.3) is 0 Å². The van der Waals surface area contributed by atoms with Crippen LogP contribution in [0.2, 0.25) is 0 Å². The SMILES string of the molecule is CCC(C#N)N1CCN(CCS(=O)(=O)CC)CC1. The van der Waals surface area contributed by atoms with Crippen molar-refractivity contribution in [1.82, 2.24) is 9.80 Å². The van der Waals surface area contributed by atoms with E-state index in [9.17, 15) is 8.42 Å². The van der Waals surface area contributed by atoms with Crippen molar-refractivity contribution in [2.75, 3.05) is 44.2 Å². The average molecular weight is 273 g/mol. The van der Waals surface area contributed by atoms with Gasteiger partial charge in [0.15, 0.2) is 9.84 Å². The lowest BCUT2D eigenvalue weighted by Gasteiger charge is -2.36. The molecule has 1 atom stereocenters. The molecule has 0 aromatic carbocycles. The Balaban J connectivity index is 2.34. The molecule has 1 rings (SSSR count). The molecule has 0 amide bonds. The number of rotatable bonds is 6. The van der Waals surface area contributed by atoms with E-state index in [1.54, 1.807) is 6.92 Å². The predicted octanol–water partition coefficient (Wildman–Crippen LogP) is 0.341. The Morgan fingerprint density at radius 1 is 1.22 bits per heavy atom. The first-order chi connectivity index (χ1) is 8.52. The highest BCUT2D eigenvalue weighted by Crippen LogP contribution is 2.08. The highest BCUT2D eigenvalue weighted by molar-refractivity contribution is 7.91. The Labute approximate surface area is 110 Å². The minimum atomic E-state index is -2.87. The van der Waals surface area contributed by atoms with E-state index in [1.807, 2.05) is 6.92 Å². The second-order valence-corrected chi connectivity index (χ2v) is 7.14. The Morgan fingerprint density at radius 2 is 1.83 bits per heavy atom. The summed E-state index contributed by atoms with van der Waals surface area (Å²) in [4.78, 5) is 4.36. The van der Waals surface area contributed by atoms with Crippen molar-refractivity contribution in [3.63, 3.8) is 0 Å². The summed E-state index contributed by atoms with van der Waals surface area (Å²) in [6.45, 7) is 7.76. The standard InChI is InChI=1S/C12H23N3O2S/c1-3-12(11-13)15-7-5-14(6-8-15)9-10-18(16,17)4-2/h12H,3-10H2,1-2H3. The summed E-state index contributed by atoms with van der Waals surface area (Å²) in [7, 11) is -2.87. The molecular formula is C12H23N3O2S. The van der Waals surface area contributed by atoms with E-state index < -0.39 is 9.84 Å².